The predicted octanol–water partition coefficient (Wildman–Crippen LogP) is 4.64. The maximum Gasteiger partial charge on any atom is 0.0291 e. The monoisotopic (exact) mass is 257 g/mol. The van der Waals surface area contributed by atoms with Gasteiger partial charge in [-0.3, -0.25) is 0 Å². The van der Waals surface area contributed by atoms with Crippen LogP contribution < -0.4 is 5.32 Å². The summed E-state index contributed by atoms with van der Waals surface area (Å²) < 4.78 is 0. The lowest BCUT2D eigenvalue weighted by molar-refractivity contribution is 0.367. The average molecular weight is 257 g/mol. The molecule has 1 heteroatoms. The van der Waals surface area contributed by atoms with Gasteiger partial charge in [0.05, 0.1) is 0 Å². The van der Waals surface area contributed by atoms with Gasteiger partial charge in [-0.05, 0) is 57.6 Å². The highest BCUT2D eigenvalue weighted by molar-refractivity contribution is 5.23. The molecule has 0 aromatic heterocycles. The summed E-state index contributed by atoms with van der Waals surface area (Å²) in [5.74, 6) is 1.54. The van der Waals surface area contributed by atoms with Crippen LogP contribution in [0.15, 0.2) is 35.9 Å². The topological polar surface area (TPSA) is 12.0 Å². The van der Waals surface area contributed by atoms with Gasteiger partial charge >= 0.3 is 0 Å². The number of allylic oxidation sites excluding steroid dienone is 2. The smallest absolute Gasteiger partial charge is 0.0291 e. The third-order valence-corrected chi connectivity index (χ3v) is 4.17. The number of benzene rings is 1. The van der Waals surface area contributed by atoms with Gasteiger partial charge in [0.2, 0.25) is 0 Å². The van der Waals surface area contributed by atoms with Gasteiger partial charge in [0, 0.05) is 6.04 Å². The summed E-state index contributed by atoms with van der Waals surface area (Å²) in [5.41, 5.74) is 4.29. The van der Waals surface area contributed by atoms with E-state index in [4.69, 9.17) is 0 Å². The normalized spacial score (nSPS) is 24.9. The Morgan fingerprint density at radius 3 is 2.53 bits per heavy atom. The summed E-state index contributed by atoms with van der Waals surface area (Å²) in [5, 5.41) is 3.70. The number of rotatable bonds is 4. The molecule has 0 bridgehead atoms. The third-order valence-electron chi connectivity index (χ3n) is 4.17. The van der Waals surface area contributed by atoms with Gasteiger partial charge in [0.25, 0.3) is 0 Å². The number of nitrogens with one attached hydrogen (secondary N) is 1. The van der Waals surface area contributed by atoms with Crippen molar-refractivity contribution < 1.29 is 0 Å². The van der Waals surface area contributed by atoms with Crippen molar-refractivity contribution in [1.82, 2.24) is 5.32 Å². The summed E-state index contributed by atoms with van der Waals surface area (Å²) in [7, 11) is 0. The highest BCUT2D eigenvalue weighted by Crippen LogP contribution is 2.27. The fraction of sp³-hybridized carbons (Fsp3) is 0.556. The van der Waals surface area contributed by atoms with Crippen molar-refractivity contribution in [3.05, 3.63) is 47.0 Å². The lowest BCUT2D eigenvalue weighted by Crippen LogP contribution is -2.28. The Balaban J connectivity index is 1.85. The lowest BCUT2D eigenvalue weighted by atomic mass is 9.83. The van der Waals surface area contributed by atoms with Crippen LogP contribution in [0.3, 0.4) is 0 Å². The quantitative estimate of drug-likeness (QED) is 0.775. The zero-order chi connectivity index (χ0) is 13.8. The summed E-state index contributed by atoms with van der Waals surface area (Å²) in [4.78, 5) is 0. The van der Waals surface area contributed by atoms with E-state index in [1.54, 1.807) is 5.57 Å². The zero-order valence-corrected chi connectivity index (χ0v) is 12.7. The first-order valence-electron chi connectivity index (χ1n) is 7.52. The molecule has 0 amide bonds. The van der Waals surface area contributed by atoms with Crippen molar-refractivity contribution in [3.8, 4) is 0 Å². The van der Waals surface area contributed by atoms with Gasteiger partial charge in [-0.25, -0.2) is 0 Å². The number of hydrogen-bond acceptors (Lipinski definition) is 1. The van der Waals surface area contributed by atoms with E-state index in [-0.39, 0.29) is 0 Å². The highest BCUT2D eigenvalue weighted by atomic mass is 14.9. The van der Waals surface area contributed by atoms with Crippen LogP contribution in [0, 0.1) is 18.8 Å². The van der Waals surface area contributed by atoms with Crippen LogP contribution in [0.4, 0.5) is 0 Å². The summed E-state index contributed by atoms with van der Waals surface area (Å²) >= 11 is 0. The van der Waals surface area contributed by atoms with Gasteiger partial charge in [0.15, 0.2) is 0 Å². The Kier molecular flexibility index (Phi) is 4.81. The molecule has 0 heterocycles. The number of hydrogen-bond donors (Lipinski definition) is 1. The van der Waals surface area contributed by atoms with Crippen LogP contribution in [0.5, 0.6) is 0 Å². The van der Waals surface area contributed by atoms with Crippen molar-refractivity contribution in [2.75, 3.05) is 6.54 Å². The SMILES string of the molecule is CC1=CC(C)CC(CN[C@@H](C)c2ccc(C)cc2)C1. The maximum absolute atomic E-state index is 3.70. The maximum atomic E-state index is 3.70. The molecule has 104 valence electrons. The van der Waals surface area contributed by atoms with Crippen LogP contribution >= 0.6 is 0 Å². The van der Waals surface area contributed by atoms with Crippen LogP contribution in [0.1, 0.15) is 50.8 Å². The Morgan fingerprint density at radius 1 is 1.21 bits per heavy atom. The van der Waals surface area contributed by atoms with Crippen molar-refractivity contribution in [2.45, 2.75) is 46.6 Å². The van der Waals surface area contributed by atoms with Crippen molar-refractivity contribution >= 4 is 0 Å². The molecule has 0 saturated heterocycles. The molecule has 1 aliphatic rings. The molecule has 1 nitrogen and oxygen atoms in total. The Morgan fingerprint density at radius 2 is 1.89 bits per heavy atom. The minimum absolute atomic E-state index is 0.446. The van der Waals surface area contributed by atoms with E-state index in [0.717, 1.165) is 18.4 Å². The van der Waals surface area contributed by atoms with Crippen molar-refractivity contribution in [1.29, 1.82) is 0 Å². The van der Waals surface area contributed by atoms with Crippen LogP contribution in [0.2, 0.25) is 0 Å². The van der Waals surface area contributed by atoms with E-state index in [2.05, 4.69) is 63.4 Å². The van der Waals surface area contributed by atoms with E-state index in [9.17, 15) is 0 Å². The fourth-order valence-electron chi connectivity index (χ4n) is 3.16. The highest BCUT2D eigenvalue weighted by Gasteiger charge is 2.18. The van der Waals surface area contributed by atoms with Crippen LogP contribution in [-0.4, -0.2) is 6.54 Å². The molecule has 2 unspecified atom stereocenters. The molecule has 1 aliphatic carbocycles. The Bertz CT molecular complexity index is 430. The molecule has 1 aromatic carbocycles. The van der Waals surface area contributed by atoms with E-state index in [0.29, 0.717) is 6.04 Å². The van der Waals surface area contributed by atoms with Gasteiger partial charge < -0.3 is 5.32 Å². The largest absolute Gasteiger partial charge is 0.310 e. The predicted molar refractivity (Wildman–Crippen MR) is 83.2 cm³/mol. The van der Waals surface area contributed by atoms with E-state index in [1.165, 1.54) is 24.0 Å². The van der Waals surface area contributed by atoms with Gasteiger partial charge in [-0.15, -0.1) is 0 Å². The van der Waals surface area contributed by atoms with Gasteiger partial charge in [-0.2, -0.15) is 0 Å². The molecular formula is C18H27N. The average Bonchev–Trinajstić information content (AvgIpc) is 2.36. The second kappa shape index (κ2) is 6.38. The molecule has 0 saturated carbocycles. The fourth-order valence-corrected chi connectivity index (χ4v) is 3.16. The minimum Gasteiger partial charge on any atom is -0.310 e. The third kappa shape index (κ3) is 4.21. The lowest BCUT2D eigenvalue weighted by Gasteiger charge is -2.27. The molecule has 1 N–H and O–H groups in total. The Hall–Kier alpha value is -1.08. The molecule has 19 heavy (non-hydrogen) atoms. The summed E-state index contributed by atoms with van der Waals surface area (Å²) in [6.07, 6.45) is 5.02. The first-order chi connectivity index (χ1) is 9.04. The van der Waals surface area contributed by atoms with Crippen molar-refractivity contribution in [2.24, 2.45) is 11.8 Å². The van der Waals surface area contributed by atoms with Gasteiger partial charge in [0.1, 0.15) is 0 Å². The zero-order valence-electron chi connectivity index (χ0n) is 12.7. The molecule has 3 atom stereocenters. The molecule has 2 rings (SSSR count). The standard InChI is InChI=1S/C18H27N/c1-13-5-7-18(8-6-13)16(4)19-12-17-10-14(2)9-15(3)11-17/h5-9,14,16-17,19H,10-12H2,1-4H3/t14?,16-,17?/m0/s1. The minimum atomic E-state index is 0.446. The summed E-state index contributed by atoms with van der Waals surface area (Å²) in [6, 6.07) is 9.32. The van der Waals surface area contributed by atoms with E-state index in [1.807, 2.05) is 0 Å². The van der Waals surface area contributed by atoms with E-state index < -0.39 is 0 Å². The molecule has 0 fully saturated rings. The second-order valence-electron chi connectivity index (χ2n) is 6.34. The van der Waals surface area contributed by atoms with Crippen LogP contribution in [-0.2, 0) is 0 Å². The molecule has 1 aromatic rings. The summed E-state index contributed by atoms with van der Waals surface area (Å²) in [6.45, 7) is 10.1. The molecule has 0 aliphatic heterocycles. The molecule has 0 spiro atoms. The Labute approximate surface area is 118 Å². The first-order valence-corrected chi connectivity index (χ1v) is 7.52. The van der Waals surface area contributed by atoms with Gasteiger partial charge in [-0.1, -0.05) is 48.4 Å². The molecule has 0 radical (unpaired) electrons. The first kappa shape index (κ1) is 14.3. The second-order valence-corrected chi connectivity index (χ2v) is 6.34. The number of aryl methyl sites for hydroxylation is 1. The van der Waals surface area contributed by atoms with Crippen molar-refractivity contribution in [3.63, 3.8) is 0 Å². The molecular weight excluding hydrogens is 230 g/mol. The van der Waals surface area contributed by atoms with E-state index >= 15 is 0 Å². The van der Waals surface area contributed by atoms with Crippen LogP contribution in [0.25, 0.3) is 0 Å².